The Kier molecular flexibility index (Phi) is 4.97. The van der Waals surface area contributed by atoms with Gasteiger partial charge in [-0.05, 0) is 25.3 Å². The summed E-state index contributed by atoms with van der Waals surface area (Å²) >= 11 is 0. The van der Waals surface area contributed by atoms with Crippen LogP contribution in [0.1, 0.15) is 19.3 Å². The molecular weight excluding hydrogens is 266 g/mol. The van der Waals surface area contributed by atoms with Crippen LogP contribution in [-0.4, -0.2) is 31.8 Å². The van der Waals surface area contributed by atoms with Crippen LogP contribution in [0, 0.1) is 0 Å². The van der Waals surface area contributed by atoms with E-state index in [2.05, 4.69) is 21.3 Å². The molecule has 7 heteroatoms. The van der Waals surface area contributed by atoms with E-state index in [9.17, 15) is 17.6 Å². The molecule has 0 aromatic rings. The molecule has 0 N–H and O–H groups in total. The number of nitrogens with zero attached hydrogens (tertiary/aromatic N) is 1. The summed E-state index contributed by atoms with van der Waals surface area (Å²) in [6, 6.07) is 0. The highest BCUT2D eigenvalue weighted by Gasteiger charge is 2.42. The molecule has 1 fully saturated rings. The fourth-order valence-corrected chi connectivity index (χ4v) is 1.67. The molecule has 1 aliphatic carbocycles. The smallest absolute Gasteiger partial charge is 0.422 e. The van der Waals surface area contributed by atoms with Crippen molar-refractivity contribution >= 4 is 6.21 Å². The highest BCUT2D eigenvalue weighted by Crippen LogP contribution is 2.43. The third-order valence-electron chi connectivity index (χ3n) is 2.76. The summed E-state index contributed by atoms with van der Waals surface area (Å²) < 4.78 is 55.3. The van der Waals surface area contributed by atoms with Gasteiger partial charge in [-0.25, -0.2) is 4.39 Å². The molecule has 108 valence electrons. The molecule has 0 heterocycles. The van der Waals surface area contributed by atoms with Crippen molar-refractivity contribution in [2.45, 2.75) is 31.1 Å². The van der Waals surface area contributed by atoms with Gasteiger partial charge < -0.3 is 9.57 Å². The van der Waals surface area contributed by atoms with Gasteiger partial charge in [0.15, 0.2) is 6.61 Å². The minimum absolute atomic E-state index is 0.0696. The molecule has 1 saturated carbocycles. The van der Waals surface area contributed by atoms with Crippen LogP contribution >= 0.6 is 0 Å². The first kappa shape index (κ1) is 15.5. The first-order valence-electron chi connectivity index (χ1n) is 5.64. The third-order valence-corrected chi connectivity index (χ3v) is 2.76. The predicted molar refractivity (Wildman–Crippen MR) is 62.4 cm³/mol. The van der Waals surface area contributed by atoms with E-state index in [4.69, 9.17) is 0 Å². The zero-order valence-electron chi connectivity index (χ0n) is 10.5. The second-order valence-electron chi connectivity index (χ2n) is 4.12. The van der Waals surface area contributed by atoms with Gasteiger partial charge in [-0.2, -0.15) is 13.2 Å². The van der Waals surface area contributed by atoms with E-state index in [1.807, 2.05) is 0 Å². The molecule has 3 nitrogen and oxygen atoms in total. The van der Waals surface area contributed by atoms with Gasteiger partial charge in [0, 0.05) is 0 Å². The topological polar surface area (TPSA) is 30.8 Å². The molecule has 0 radical (unpaired) electrons. The zero-order chi connectivity index (χ0) is 14.5. The lowest BCUT2D eigenvalue weighted by Crippen LogP contribution is -2.36. The van der Waals surface area contributed by atoms with Gasteiger partial charge in [-0.3, -0.25) is 0 Å². The van der Waals surface area contributed by atoms with Crippen LogP contribution in [-0.2, 0) is 9.57 Å². The molecule has 0 saturated heterocycles. The Bertz CT molecular complexity index is 384. The minimum Gasteiger partial charge on any atom is -0.484 e. The predicted octanol–water partition coefficient (Wildman–Crippen LogP) is 3.53. The summed E-state index contributed by atoms with van der Waals surface area (Å²) in [4.78, 5) is 4.43. The van der Waals surface area contributed by atoms with Gasteiger partial charge in [0.25, 0.3) is 0 Å². The highest BCUT2D eigenvalue weighted by molar-refractivity contribution is 5.82. The average molecular weight is 281 g/mol. The fourth-order valence-electron chi connectivity index (χ4n) is 1.67. The number of hydrogen-bond donors (Lipinski definition) is 0. The standard InChI is InChI=1S/C12H15F4NO2/c1-3-10(19-8-12(14,15)16)9(7-17-18-2)11(13)5-4-6-11/h3,7H,1,4-6,8H2,2H3/b10-9-,17-7+. The normalized spacial score (nSPS) is 19.6. The average Bonchev–Trinajstić information content (AvgIpc) is 2.29. The highest BCUT2D eigenvalue weighted by atomic mass is 19.4. The number of hydrogen-bond acceptors (Lipinski definition) is 3. The Morgan fingerprint density at radius 3 is 2.42 bits per heavy atom. The number of halogens is 4. The Balaban J connectivity index is 2.97. The summed E-state index contributed by atoms with van der Waals surface area (Å²) in [5.74, 6) is -0.264. The fraction of sp³-hybridized carbons (Fsp3) is 0.583. The number of allylic oxidation sites excluding steroid dienone is 2. The molecule has 0 atom stereocenters. The molecule has 0 bridgehead atoms. The van der Waals surface area contributed by atoms with Gasteiger partial charge in [-0.1, -0.05) is 11.7 Å². The third kappa shape index (κ3) is 4.25. The van der Waals surface area contributed by atoms with E-state index in [-0.39, 0.29) is 24.2 Å². The second-order valence-corrected chi connectivity index (χ2v) is 4.12. The molecule has 0 unspecified atom stereocenters. The van der Waals surface area contributed by atoms with E-state index in [0.717, 1.165) is 12.3 Å². The lowest BCUT2D eigenvalue weighted by Gasteiger charge is -2.35. The Hall–Kier alpha value is -1.53. The van der Waals surface area contributed by atoms with Gasteiger partial charge in [0.1, 0.15) is 18.5 Å². The maximum absolute atomic E-state index is 14.3. The van der Waals surface area contributed by atoms with Crippen LogP contribution in [0.3, 0.4) is 0 Å². The molecule has 0 spiro atoms. The van der Waals surface area contributed by atoms with Crippen LogP contribution in [0.5, 0.6) is 0 Å². The lowest BCUT2D eigenvalue weighted by atomic mass is 9.76. The molecule has 1 rings (SSSR count). The van der Waals surface area contributed by atoms with Gasteiger partial charge in [0.05, 0.1) is 11.8 Å². The van der Waals surface area contributed by atoms with Crippen molar-refractivity contribution in [3.05, 3.63) is 24.0 Å². The van der Waals surface area contributed by atoms with Crippen molar-refractivity contribution in [1.29, 1.82) is 0 Å². The number of ether oxygens (including phenoxy) is 1. The maximum Gasteiger partial charge on any atom is 0.422 e. The summed E-state index contributed by atoms with van der Waals surface area (Å²) in [6.45, 7) is 1.84. The van der Waals surface area contributed by atoms with E-state index in [1.54, 1.807) is 0 Å². The van der Waals surface area contributed by atoms with Crippen LogP contribution in [0.25, 0.3) is 0 Å². The molecule has 19 heavy (non-hydrogen) atoms. The number of alkyl halides is 4. The van der Waals surface area contributed by atoms with Crippen molar-refractivity contribution in [2.24, 2.45) is 5.16 Å². The van der Waals surface area contributed by atoms with Crippen molar-refractivity contribution < 1.29 is 27.1 Å². The number of oxime groups is 1. The first-order valence-corrected chi connectivity index (χ1v) is 5.64. The minimum atomic E-state index is -4.50. The van der Waals surface area contributed by atoms with Crippen molar-refractivity contribution in [1.82, 2.24) is 0 Å². The quantitative estimate of drug-likeness (QED) is 0.245. The molecule has 0 amide bonds. The van der Waals surface area contributed by atoms with E-state index in [1.165, 1.54) is 7.11 Å². The first-order chi connectivity index (χ1) is 8.82. The molecule has 0 aromatic carbocycles. The SMILES string of the molecule is C=C/C(OCC(F)(F)F)=C(\C=N\OC)C1(F)CCC1. The van der Waals surface area contributed by atoms with Gasteiger partial charge in [0.2, 0.25) is 0 Å². The summed E-state index contributed by atoms with van der Waals surface area (Å²) in [6.07, 6.45) is -1.34. The second kappa shape index (κ2) is 6.08. The van der Waals surface area contributed by atoms with Gasteiger partial charge >= 0.3 is 6.18 Å². The molecule has 1 aliphatic rings. The van der Waals surface area contributed by atoms with Crippen molar-refractivity contribution in [3.63, 3.8) is 0 Å². The Morgan fingerprint density at radius 1 is 1.42 bits per heavy atom. The zero-order valence-corrected chi connectivity index (χ0v) is 10.5. The van der Waals surface area contributed by atoms with Crippen molar-refractivity contribution in [2.75, 3.05) is 13.7 Å². The van der Waals surface area contributed by atoms with Crippen LogP contribution < -0.4 is 0 Å². The van der Waals surface area contributed by atoms with Crippen LogP contribution in [0.15, 0.2) is 29.1 Å². The summed E-state index contributed by atoms with van der Waals surface area (Å²) in [7, 11) is 1.25. The summed E-state index contributed by atoms with van der Waals surface area (Å²) in [5.41, 5.74) is -1.79. The van der Waals surface area contributed by atoms with E-state index < -0.39 is 18.5 Å². The monoisotopic (exact) mass is 281 g/mol. The number of rotatable bonds is 6. The molecular formula is C12H15F4NO2. The maximum atomic E-state index is 14.3. The Labute approximate surface area is 108 Å². The summed E-state index contributed by atoms with van der Waals surface area (Å²) in [5, 5.41) is 3.40. The Morgan fingerprint density at radius 2 is 2.05 bits per heavy atom. The molecule has 0 aromatic heterocycles. The lowest BCUT2D eigenvalue weighted by molar-refractivity contribution is -0.164. The van der Waals surface area contributed by atoms with E-state index in [0.29, 0.717) is 6.42 Å². The largest absolute Gasteiger partial charge is 0.484 e. The van der Waals surface area contributed by atoms with Crippen LogP contribution in [0.2, 0.25) is 0 Å². The molecule has 0 aliphatic heterocycles. The van der Waals surface area contributed by atoms with Crippen LogP contribution in [0.4, 0.5) is 17.6 Å². The van der Waals surface area contributed by atoms with E-state index >= 15 is 0 Å². The van der Waals surface area contributed by atoms with Gasteiger partial charge in [-0.15, -0.1) is 0 Å². The van der Waals surface area contributed by atoms with Crippen molar-refractivity contribution in [3.8, 4) is 0 Å².